The Bertz CT molecular complexity index is 413. The van der Waals surface area contributed by atoms with Crippen molar-refractivity contribution >= 4 is 39.3 Å². The van der Waals surface area contributed by atoms with Gasteiger partial charge in [0, 0.05) is 30.1 Å². The lowest BCUT2D eigenvalue weighted by molar-refractivity contribution is -0.117. The number of nitrogens with zero attached hydrogens (tertiary/aromatic N) is 2. The second-order valence-electron chi connectivity index (χ2n) is 3.30. The summed E-state index contributed by atoms with van der Waals surface area (Å²) in [4.78, 5) is 17.0. The first-order valence-corrected chi connectivity index (χ1v) is 5.66. The summed E-state index contributed by atoms with van der Waals surface area (Å²) in [6.07, 6.45) is 1.83. The highest BCUT2D eigenvalue weighted by Crippen LogP contribution is 2.31. The summed E-state index contributed by atoms with van der Waals surface area (Å²) >= 11 is 9.01. The van der Waals surface area contributed by atoms with Gasteiger partial charge >= 0.3 is 0 Å². The van der Waals surface area contributed by atoms with Crippen molar-refractivity contribution in [2.75, 3.05) is 11.4 Å². The minimum Gasteiger partial charge on any atom is -0.504 e. The van der Waals surface area contributed by atoms with Crippen LogP contribution in [0.25, 0.3) is 0 Å². The number of hydrogen-bond donors (Lipinski definition) is 1. The summed E-state index contributed by atoms with van der Waals surface area (Å²) in [7, 11) is 0. The van der Waals surface area contributed by atoms with Crippen LogP contribution in [0.4, 0.5) is 5.82 Å². The lowest BCUT2D eigenvalue weighted by Crippen LogP contribution is -2.25. The quantitative estimate of drug-likeness (QED) is 0.805. The van der Waals surface area contributed by atoms with Gasteiger partial charge in [-0.1, -0.05) is 27.5 Å². The second kappa shape index (κ2) is 3.98. The number of halogens is 2. The number of alkyl halides is 1. The number of amides is 1. The summed E-state index contributed by atoms with van der Waals surface area (Å²) in [5, 5.41) is 9.95. The molecule has 1 unspecified atom stereocenters. The fraction of sp³-hybridized carbons (Fsp3) is 0.333. The van der Waals surface area contributed by atoms with E-state index < -0.39 is 0 Å². The summed E-state index contributed by atoms with van der Waals surface area (Å²) in [5.74, 6) is 0.144. The van der Waals surface area contributed by atoms with Crippen molar-refractivity contribution in [3.63, 3.8) is 0 Å². The van der Waals surface area contributed by atoms with Crippen LogP contribution in [0.2, 0.25) is 5.02 Å². The highest BCUT2D eigenvalue weighted by molar-refractivity contribution is 9.09. The van der Waals surface area contributed by atoms with E-state index in [-0.39, 0.29) is 22.3 Å². The Morgan fingerprint density at radius 3 is 2.93 bits per heavy atom. The molecule has 1 aromatic heterocycles. The summed E-state index contributed by atoms with van der Waals surface area (Å²) in [5.41, 5.74) is 0. The Morgan fingerprint density at radius 1 is 1.67 bits per heavy atom. The van der Waals surface area contributed by atoms with Crippen molar-refractivity contribution in [1.29, 1.82) is 0 Å². The van der Waals surface area contributed by atoms with Gasteiger partial charge in [-0.3, -0.25) is 9.69 Å². The SMILES string of the molecule is O=C1CC(Br)CN1c1ncc(Cl)cc1O. The van der Waals surface area contributed by atoms with E-state index in [9.17, 15) is 9.90 Å². The number of anilines is 1. The van der Waals surface area contributed by atoms with Crippen LogP contribution in [0.15, 0.2) is 12.3 Å². The molecule has 0 aromatic carbocycles. The molecule has 1 aliphatic heterocycles. The van der Waals surface area contributed by atoms with Crippen LogP contribution in [-0.4, -0.2) is 27.4 Å². The van der Waals surface area contributed by atoms with Crippen molar-refractivity contribution in [2.24, 2.45) is 0 Å². The standard InChI is InChI=1S/C9H8BrClN2O2/c10-5-1-8(15)13(4-5)9-7(14)2-6(11)3-12-9/h2-3,5,14H,1,4H2. The average molecular weight is 292 g/mol. The van der Waals surface area contributed by atoms with Gasteiger partial charge in [0.1, 0.15) is 0 Å². The first-order chi connectivity index (χ1) is 7.08. The Morgan fingerprint density at radius 2 is 2.40 bits per heavy atom. The molecule has 15 heavy (non-hydrogen) atoms. The maximum absolute atomic E-state index is 11.5. The molecule has 0 saturated carbocycles. The zero-order valence-electron chi connectivity index (χ0n) is 7.65. The molecule has 0 aliphatic carbocycles. The Balaban J connectivity index is 2.34. The Hall–Kier alpha value is -0.810. The number of rotatable bonds is 1. The van der Waals surface area contributed by atoms with Gasteiger partial charge in [0.15, 0.2) is 11.6 Å². The molecule has 2 rings (SSSR count). The number of carbonyl (C=O) groups is 1. The van der Waals surface area contributed by atoms with Crippen LogP contribution < -0.4 is 4.90 Å². The largest absolute Gasteiger partial charge is 0.504 e. The van der Waals surface area contributed by atoms with Crippen molar-refractivity contribution in [2.45, 2.75) is 11.2 Å². The molecule has 1 amide bonds. The van der Waals surface area contributed by atoms with Crippen LogP contribution in [0.3, 0.4) is 0 Å². The molecule has 2 heterocycles. The molecule has 1 saturated heterocycles. The van der Waals surface area contributed by atoms with Crippen LogP contribution in [0.1, 0.15) is 6.42 Å². The Labute approximate surface area is 100.0 Å². The third kappa shape index (κ3) is 2.08. The maximum atomic E-state index is 11.5. The van der Waals surface area contributed by atoms with Gasteiger partial charge in [-0.2, -0.15) is 0 Å². The first-order valence-electron chi connectivity index (χ1n) is 4.37. The lowest BCUT2D eigenvalue weighted by atomic mass is 10.4. The van der Waals surface area contributed by atoms with Gasteiger partial charge in [-0.25, -0.2) is 4.98 Å². The molecule has 1 aromatic rings. The lowest BCUT2D eigenvalue weighted by Gasteiger charge is -2.15. The number of hydrogen-bond acceptors (Lipinski definition) is 3. The fourth-order valence-electron chi connectivity index (χ4n) is 1.50. The molecule has 6 heteroatoms. The predicted octanol–water partition coefficient (Wildman–Crippen LogP) is 1.94. The average Bonchev–Trinajstić information content (AvgIpc) is 2.45. The fourth-order valence-corrected chi connectivity index (χ4v) is 2.22. The van der Waals surface area contributed by atoms with Crippen molar-refractivity contribution in [3.05, 3.63) is 17.3 Å². The van der Waals surface area contributed by atoms with Crippen LogP contribution in [0, 0.1) is 0 Å². The van der Waals surface area contributed by atoms with Gasteiger partial charge in [-0.15, -0.1) is 0 Å². The molecule has 0 radical (unpaired) electrons. The van der Waals surface area contributed by atoms with E-state index in [1.807, 2.05) is 0 Å². The number of aromatic hydroxyl groups is 1. The van der Waals surface area contributed by atoms with E-state index >= 15 is 0 Å². The minimum atomic E-state index is -0.0718. The maximum Gasteiger partial charge on any atom is 0.229 e. The van der Waals surface area contributed by atoms with Gasteiger partial charge < -0.3 is 5.11 Å². The first kappa shape index (κ1) is 10.7. The smallest absolute Gasteiger partial charge is 0.229 e. The zero-order valence-corrected chi connectivity index (χ0v) is 9.99. The number of carbonyl (C=O) groups excluding carboxylic acids is 1. The molecule has 4 nitrogen and oxygen atoms in total. The Kier molecular flexibility index (Phi) is 2.84. The van der Waals surface area contributed by atoms with Gasteiger partial charge in [0.05, 0.1) is 5.02 Å². The highest BCUT2D eigenvalue weighted by Gasteiger charge is 2.31. The van der Waals surface area contributed by atoms with E-state index in [4.69, 9.17) is 11.6 Å². The molecule has 80 valence electrons. The predicted molar refractivity (Wildman–Crippen MR) is 60.6 cm³/mol. The monoisotopic (exact) mass is 290 g/mol. The van der Waals surface area contributed by atoms with Gasteiger partial charge in [0.2, 0.25) is 5.91 Å². The van der Waals surface area contributed by atoms with Crippen molar-refractivity contribution in [3.8, 4) is 5.75 Å². The number of aromatic nitrogens is 1. The van der Waals surface area contributed by atoms with E-state index in [2.05, 4.69) is 20.9 Å². The third-order valence-electron chi connectivity index (χ3n) is 2.15. The number of pyridine rings is 1. The topological polar surface area (TPSA) is 53.4 Å². The molecular weight excluding hydrogens is 283 g/mol. The summed E-state index contributed by atoms with van der Waals surface area (Å²) in [6, 6.07) is 1.37. The molecule has 0 bridgehead atoms. The molecule has 1 N–H and O–H groups in total. The molecule has 1 aliphatic rings. The van der Waals surface area contributed by atoms with Crippen molar-refractivity contribution in [1.82, 2.24) is 4.98 Å². The molecule has 1 fully saturated rings. The zero-order chi connectivity index (χ0) is 11.0. The van der Waals surface area contributed by atoms with Gasteiger partial charge in [0.25, 0.3) is 0 Å². The van der Waals surface area contributed by atoms with Crippen molar-refractivity contribution < 1.29 is 9.90 Å². The summed E-state index contributed by atoms with van der Waals surface area (Å²) < 4.78 is 0. The third-order valence-corrected chi connectivity index (χ3v) is 2.97. The molecule has 0 spiro atoms. The normalized spacial score (nSPS) is 21.1. The summed E-state index contributed by atoms with van der Waals surface area (Å²) in [6.45, 7) is 0.515. The van der Waals surface area contributed by atoms with Crippen LogP contribution in [-0.2, 0) is 4.79 Å². The van der Waals surface area contributed by atoms with Gasteiger partial charge in [-0.05, 0) is 0 Å². The molecule has 1 atom stereocenters. The van der Waals surface area contributed by atoms with Crippen LogP contribution >= 0.6 is 27.5 Å². The van der Waals surface area contributed by atoms with E-state index in [0.717, 1.165) is 0 Å². The molecular formula is C9H8BrClN2O2. The van der Waals surface area contributed by atoms with E-state index in [1.165, 1.54) is 17.2 Å². The second-order valence-corrected chi connectivity index (χ2v) is 5.03. The highest BCUT2D eigenvalue weighted by atomic mass is 79.9. The minimum absolute atomic E-state index is 0.0537. The van der Waals surface area contributed by atoms with E-state index in [0.29, 0.717) is 18.0 Å². The van der Waals surface area contributed by atoms with Crippen LogP contribution in [0.5, 0.6) is 5.75 Å². The van der Waals surface area contributed by atoms with E-state index in [1.54, 1.807) is 0 Å².